The van der Waals surface area contributed by atoms with E-state index in [-0.39, 0.29) is 5.91 Å². The lowest BCUT2D eigenvalue weighted by molar-refractivity contribution is 0.0699. The van der Waals surface area contributed by atoms with Crippen LogP contribution in [0.4, 0.5) is 0 Å². The van der Waals surface area contributed by atoms with Crippen molar-refractivity contribution in [1.82, 2.24) is 19.8 Å². The zero-order chi connectivity index (χ0) is 16.5. The van der Waals surface area contributed by atoms with E-state index in [2.05, 4.69) is 29.5 Å². The van der Waals surface area contributed by atoms with Crippen molar-refractivity contribution in [3.8, 4) is 0 Å². The Hall–Kier alpha value is -1.88. The number of aromatic nitrogens is 2. The van der Waals surface area contributed by atoms with E-state index in [0.29, 0.717) is 5.92 Å². The van der Waals surface area contributed by atoms with E-state index < -0.39 is 0 Å². The first-order chi connectivity index (χ1) is 11.7. The maximum absolute atomic E-state index is 12.9. The molecule has 4 rings (SSSR count). The van der Waals surface area contributed by atoms with E-state index in [4.69, 9.17) is 0 Å². The van der Waals surface area contributed by atoms with Gasteiger partial charge in [0.1, 0.15) is 0 Å². The van der Waals surface area contributed by atoms with Gasteiger partial charge in [-0.15, -0.1) is 0 Å². The molecule has 0 atom stereocenters. The summed E-state index contributed by atoms with van der Waals surface area (Å²) in [7, 11) is 0. The molecule has 5 heteroatoms. The fraction of sp³-hybridized carbons (Fsp3) is 0.579. The van der Waals surface area contributed by atoms with Crippen LogP contribution in [-0.2, 0) is 0 Å². The van der Waals surface area contributed by atoms with Crippen LogP contribution in [0.3, 0.4) is 0 Å². The molecule has 0 radical (unpaired) electrons. The van der Waals surface area contributed by atoms with Gasteiger partial charge in [0.15, 0.2) is 0 Å². The number of hydrogen-bond donors (Lipinski definition) is 1. The average Bonchev–Trinajstić information content (AvgIpc) is 3.05. The molecule has 0 spiro atoms. The SMILES string of the molecule is CC1CCN(C(=O)c2cnn3ccc(C4CCNCC4)cc23)CC1. The maximum atomic E-state index is 12.9. The van der Waals surface area contributed by atoms with Crippen LogP contribution in [0.25, 0.3) is 5.52 Å². The summed E-state index contributed by atoms with van der Waals surface area (Å²) < 4.78 is 1.84. The number of hydrogen-bond acceptors (Lipinski definition) is 3. The molecule has 4 heterocycles. The molecule has 2 aliphatic rings. The second-order valence-electron chi connectivity index (χ2n) is 7.35. The van der Waals surface area contributed by atoms with Gasteiger partial charge in [0.2, 0.25) is 0 Å². The van der Waals surface area contributed by atoms with Gasteiger partial charge in [-0.25, -0.2) is 4.52 Å². The first kappa shape index (κ1) is 15.6. The van der Waals surface area contributed by atoms with Crippen molar-refractivity contribution in [2.75, 3.05) is 26.2 Å². The highest BCUT2D eigenvalue weighted by Gasteiger charge is 2.24. The minimum atomic E-state index is 0.138. The summed E-state index contributed by atoms with van der Waals surface area (Å²) >= 11 is 0. The largest absolute Gasteiger partial charge is 0.339 e. The lowest BCUT2D eigenvalue weighted by Crippen LogP contribution is -2.37. The van der Waals surface area contributed by atoms with Crippen molar-refractivity contribution in [2.24, 2.45) is 5.92 Å². The smallest absolute Gasteiger partial charge is 0.257 e. The summed E-state index contributed by atoms with van der Waals surface area (Å²) in [6.07, 6.45) is 8.27. The Morgan fingerprint density at radius 1 is 1.21 bits per heavy atom. The molecule has 24 heavy (non-hydrogen) atoms. The van der Waals surface area contributed by atoms with Crippen LogP contribution in [-0.4, -0.2) is 46.6 Å². The van der Waals surface area contributed by atoms with Crippen molar-refractivity contribution in [2.45, 2.75) is 38.5 Å². The summed E-state index contributed by atoms with van der Waals surface area (Å²) in [6, 6.07) is 4.34. The normalized spacial score (nSPS) is 20.6. The molecular weight excluding hydrogens is 300 g/mol. The van der Waals surface area contributed by atoms with Crippen LogP contribution in [0.15, 0.2) is 24.5 Å². The molecule has 1 N–H and O–H groups in total. The highest BCUT2D eigenvalue weighted by atomic mass is 16.2. The average molecular weight is 326 g/mol. The van der Waals surface area contributed by atoms with Gasteiger partial charge in [-0.1, -0.05) is 6.92 Å². The second kappa shape index (κ2) is 6.55. The van der Waals surface area contributed by atoms with E-state index in [1.54, 1.807) is 6.20 Å². The van der Waals surface area contributed by atoms with E-state index >= 15 is 0 Å². The van der Waals surface area contributed by atoms with Crippen molar-refractivity contribution in [3.63, 3.8) is 0 Å². The highest BCUT2D eigenvalue weighted by molar-refractivity contribution is 6.00. The molecule has 1 amide bonds. The zero-order valence-electron chi connectivity index (χ0n) is 14.4. The van der Waals surface area contributed by atoms with Gasteiger partial charge in [0.25, 0.3) is 5.91 Å². The van der Waals surface area contributed by atoms with Gasteiger partial charge in [0, 0.05) is 19.3 Å². The maximum Gasteiger partial charge on any atom is 0.257 e. The van der Waals surface area contributed by atoms with Gasteiger partial charge in [0.05, 0.1) is 17.3 Å². The second-order valence-corrected chi connectivity index (χ2v) is 7.35. The standard InChI is InChI=1S/C19H26N4O/c1-14-4-9-22(10-5-14)19(24)17-13-21-23-11-6-16(12-18(17)23)15-2-7-20-8-3-15/h6,11-15,20H,2-5,7-10H2,1H3. The number of nitrogens with one attached hydrogen (secondary N) is 1. The number of piperidine rings is 2. The third-order valence-corrected chi connectivity index (χ3v) is 5.66. The monoisotopic (exact) mass is 326 g/mol. The van der Waals surface area contributed by atoms with Crippen LogP contribution < -0.4 is 5.32 Å². The summed E-state index contributed by atoms with van der Waals surface area (Å²) in [5, 5.41) is 7.81. The van der Waals surface area contributed by atoms with Crippen molar-refractivity contribution in [3.05, 3.63) is 35.7 Å². The van der Waals surface area contributed by atoms with Crippen LogP contribution in [0.5, 0.6) is 0 Å². The number of pyridine rings is 1. The minimum Gasteiger partial charge on any atom is -0.339 e. The van der Waals surface area contributed by atoms with Gasteiger partial charge in [-0.2, -0.15) is 5.10 Å². The third-order valence-electron chi connectivity index (χ3n) is 5.66. The number of amides is 1. The predicted octanol–water partition coefficient (Wildman–Crippen LogP) is 2.67. The van der Waals surface area contributed by atoms with Crippen molar-refractivity contribution < 1.29 is 4.79 Å². The first-order valence-electron chi connectivity index (χ1n) is 9.19. The molecule has 0 bridgehead atoms. The Morgan fingerprint density at radius 3 is 2.71 bits per heavy atom. The molecule has 0 saturated carbocycles. The molecule has 2 aromatic heterocycles. The van der Waals surface area contributed by atoms with Crippen LogP contribution in [0.1, 0.15) is 54.4 Å². The quantitative estimate of drug-likeness (QED) is 0.923. The summed E-state index contributed by atoms with van der Waals surface area (Å²) in [4.78, 5) is 14.9. The van der Waals surface area contributed by atoms with Crippen LogP contribution in [0.2, 0.25) is 0 Å². The summed E-state index contributed by atoms with van der Waals surface area (Å²) in [5.74, 6) is 1.45. The van der Waals surface area contributed by atoms with E-state index in [9.17, 15) is 4.79 Å². The van der Waals surface area contributed by atoms with E-state index in [1.807, 2.05) is 15.6 Å². The molecule has 2 aromatic rings. The summed E-state index contributed by atoms with van der Waals surface area (Å²) in [5.41, 5.74) is 3.04. The van der Waals surface area contributed by atoms with Crippen LogP contribution in [0, 0.1) is 5.92 Å². The molecule has 2 saturated heterocycles. The Labute approximate surface area is 143 Å². The molecule has 2 aliphatic heterocycles. The number of rotatable bonds is 2. The molecular formula is C19H26N4O. The Bertz CT molecular complexity index is 724. The molecule has 2 fully saturated rings. The summed E-state index contributed by atoms with van der Waals surface area (Å²) in [6.45, 7) is 6.15. The number of carbonyl (C=O) groups is 1. The lowest BCUT2D eigenvalue weighted by atomic mass is 9.90. The molecule has 0 unspecified atom stereocenters. The fourth-order valence-corrected chi connectivity index (χ4v) is 3.95. The van der Waals surface area contributed by atoms with Gasteiger partial charge < -0.3 is 10.2 Å². The van der Waals surface area contributed by atoms with Crippen LogP contribution >= 0.6 is 0 Å². The van der Waals surface area contributed by atoms with E-state index in [0.717, 1.165) is 68.9 Å². The number of nitrogens with zero attached hydrogens (tertiary/aromatic N) is 3. The predicted molar refractivity (Wildman–Crippen MR) is 94.3 cm³/mol. The third kappa shape index (κ3) is 2.93. The van der Waals surface area contributed by atoms with Crippen molar-refractivity contribution in [1.29, 1.82) is 0 Å². The Morgan fingerprint density at radius 2 is 1.96 bits per heavy atom. The van der Waals surface area contributed by atoms with Gasteiger partial charge in [-0.05, 0) is 68.3 Å². The number of carbonyl (C=O) groups excluding carboxylic acids is 1. The molecule has 128 valence electrons. The Kier molecular flexibility index (Phi) is 4.27. The number of fused-ring (bicyclic) bond motifs is 1. The first-order valence-corrected chi connectivity index (χ1v) is 9.19. The Balaban J connectivity index is 1.62. The zero-order valence-corrected chi connectivity index (χ0v) is 14.4. The molecule has 5 nitrogen and oxygen atoms in total. The minimum absolute atomic E-state index is 0.138. The highest BCUT2D eigenvalue weighted by Crippen LogP contribution is 2.27. The van der Waals surface area contributed by atoms with Gasteiger partial charge >= 0.3 is 0 Å². The van der Waals surface area contributed by atoms with Gasteiger partial charge in [-0.3, -0.25) is 4.79 Å². The van der Waals surface area contributed by atoms with E-state index in [1.165, 1.54) is 5.56 Å². The van der Waals surface area contributed by atoms with Crippen molar-refractivity contribution >= 4 is 11.4 Å². The number of likely N-dealkylation sites (tertiary alicyclic amines) is 1. The topological polar surface area (TPSA) is 49.6 Å². The molecule has 0 aromatic carbocycles. The fourth-order valence-electron chi connectivity index (χ4n) is 3.95. The molecule has 0 aliphatic carbocycles. The lowest BCUT2D eigenvalue weighted by Gasteiger charge is -2.30.